The first kappa shape index (κ1) is 30.3. The monoisotopic (exact) mass is 851 g/mol. The molecular weight excluding hydrogens is 828 g/mol. The van der Waals surface area contributed by atoms with Crippen LogP contribution in [0, 0.1) is 18.5 Å². The van der Waals surface area contributed by atoms with Crippen molar-refractivity contribution in [1.29, 1.82) is 0 Å². The van der Waals surface area contributed by atoms with Crippen molar-refractivity contribution < 1.29 is 30.4 Å². The summed E-state index contributed by atoms with van der Waals surface area (Å²) in [6.07, 6.45) is 7.30. The van der Waals surface area contributed by atoms with Crippen molar-refractivity contribution in [2.24, 2.45) is 0 Å². The van der Waals surface area contributed by atoms with Crippen LogP contribution in [0.15, 0.2) is 146 Å². The molecule has 0 atom stereocenters. The molecule has 6 aromatic carbocycles. The van der Waals surface area contributed by atoms with Gasteiger partial charge in [-0.3, -0.25) is 18.4 Å². The van der Waals surface area contributed by atoms with Gasteiger partial charge in [0.25, 0.3) is 6.33 Å². The normalized spacial score (nSPS) is 11.7. The summed E-state index contributed by atoms with van der Waals surface area (Å²) in [7, 11) is 0. The standard InChI is InChI=1S/C42H24N8O.Pt/c1-2-11-28(12-3-1)32-15-4-6-17-35(32)48-27-47(37-19-8-9-20-38(37)48)29-13-10-14-30(25-29)51-31-21-22-34-39(26-31)50-41(44-34)46-24-23-43-40(46)49-36-18-7-5-16-33(36)45-42(49)50;/h1-24H;/q-2;. The number of imidazole rings is 4. The number of ether oxygens (including phenoxy) is 1. The molecule has 9 nitrogen and oxygen atoms in total. The Hall–Kier alpha value is -6.57. The van der Waals surface area contributed by atoms with Crippen LogP contribution in [-0.4, -0.2) is 32.7 Å². The van der Waals surface area contributed by atoms with Crippen LogP contribution in [0.25, 0.3) is 72.9 Å². The number of fused-ring (bicyclic) bond motifs is 11. The van der Waals surface area contributed by atoms with E-state index in [0.29, 0.717) is 23.1 Å². The molecule has 10 heteroatoms. The van der Waals surface area contributed by atoms with E-state index in [4.69, 9.17) is 14.7 Å². The van der Waals surface area contributed by atoms with E-state index < -0.39 is 0 Å². The summed E-state index contributed by atoms with van der Waals surface area (Å²) in [5, 5.41) is 0. The molecule has 0 aliphatic carbocycles. The zero-order chi connectivity index (χ0) is 33.5. The maximum absolute atomic E-state index is 6.46. The molecule has 52 heavy (non-hydrogen) atoms. The molecule has 0 aliphatic rings. The van der Waals surface area contributed by atoms with Crippen molar-refractivity contribution in [3.63, 3.8) is 0 Å². The molecule has 0 radical (unpaired) electrons. The van der Waals surface area contributed by atoms with Gasteiger partial charge in [-0.2, -0.15) is 12.1 Å². The summed E-state index contributed by atoms with van der Waals surface area (Å²) in [6, 6.07) is 51.8. The van der Waals surface area contributed by atoms with Crippen molar-refractivity contribution in [3.05, 3.63) is 164 Å². The van der Waals surface area contributed by atoms with Gasteiger partial charge in [-0.1, -0.05) is 84.9 Å². The third-order valence-corrected chi connectivity index (χ3v) is 9.31. The first-order valence-electron chi connectivity index (χ1n) is 16.6. The molecule has 0 N–H and O–H groups in total. The van der Waals surface area contributed by atoms with Gasteiger partial charge in [0, 0.05) is 45.0 Å². The van der Waals surface area contributed by atoms with E-state index in [2.05, 4.69) is 94.7 Å². The second kappa shape index (κ2) is 11.8. The zero-order valence-corrected chi connectivity index (χ0v) is 29.4. The SMILES string of the molecule is [Pt].[c-]1c(Oc2[c-]c3c(cc2)nc2n4ccnc4n4c5ccccc5nc4n32)cccc1-n1[c-][n+](-c2ccccc2-c2ccccc2)c2ccccc21. The Kier molecular flexibility index (Phi) is 6.84. The summed E-state index contributed by atoms with van der Waals surface area (Å²) >= 11 is 0. The van der Waals surface area contributed by atoms with Gasteiger partial charge in [0.2, 0.25) is 17.3 Å². The molecule has 11 rings (SSSR count). The van der Waals surface area contributed by atoms with E-state index in [-0.39, 0.29) is 21.1 Å². The average Bonchev–Trinajstić information content (AvgIpc) is 3.98. The second-order valence-electron chi connectivity index (χ2n) is 12.3. The van der Waals surface area contributed by atoms with Gasteiger partial charge in [-0.15, -0.1) is 30.3 Å². The summed E-state index contributed by atoms with van der Waals surface area (Å²) in [6.45, 7) is 0. The first-order chi connectivity index (χ1) is 25.3. The van der Waals surface area contributed by atoms with E-state index in [1.54, 1.807) is 6.20 Å². The van der Waals surface area contributed by atoms with E-state index in [0.717, 1.165) is 61.4 Å². The third kappa shape index (κ3) is 4.53. The molecule has 0 spiro atoms. The molecule has 5 heterocycles. The molecule has 0 saturated heterocycles. The summed E-state index contributed by atoms with van der Waals surface area (Å²) in [5.41, 5.74) is 9.46. The molecule has 0 unspecified atom stereocenters. The zero-order valence-electron chi connectivity index (χ0n) is 27.2. The minimum Gasteiger partial charge on any atom is -0.510 e. The molecule has 5 aromatic heterocycles. The fourth-order valence-electron chi connectivity index (χ4n) is 7.05. The van der Waals surface area contributed by atoms with E-state index in [9.17, 15) is 0 Å². The maximum Gasteiger partial charge on any atom is 0.268 e. The minimum absolute atomic E-state index is 0. The fourth-order valence-corrected chi connectivity index (χ4v) is 7.05. The van der Waals surface area contributed by atoms with Crippen LogP contribution in [0.2, 0.25) is 0 Å². The van der Waals surface area contributed by atoms with Gasteiger partial charge >= 0.3 is 0 Å². The van der Waals surface area contributed by atoms with Gasteiger partial charge in [-0.25, -0.2) is 14.4 Å². The van der Waals surface area contributed by atoms with Crippen molar-refractivity contribution in [1.82, 2.24) is 32.7 Å². The van der Waals surface area contributed by atoms with Crippen LogP contribution < -0.4 is 9.30 Å². The number of para-hydroxylation sites is 5. The van der Waals surface area contributed by atoms with Crippen molar-refractivity contribution in [3.8, 4) is 34.0 Å². The Balaban J connectivity index is 0.00000338. The summed E-state index contributed by atoms with van der Waals surface area (Å²) in [5.74, 6) is 3.22. The van der Waals surface area contributed by atoms with Crippen LogP contribution in [0.5, 0.6) is 11.5 Å². The second-order valence-corrected chi connectivity index (χ2v) is 12.3. The van der Waals surface area contributed by atoms with Gasteiger partial charge in [0.1, 0.15) is 0 Å². The minimum atomic E-state index is 0. The summed E-state index contributed by atoms with van der Waals surface area (Å²) in [4.78, 5) is 14.6. The number of nitrogens with zero attached hydrogens (tertiary/aromatic N) is 8. The number of rotatable bonds is 5. The van der Waals surface area contributed by atoms with Crippen LogP contribution in [0.4, 0.5) is 0 Å². The van der Waals surface area contributed by atoms with Gasteiger partial charge in [0.05, 0.1) is 27.8 Å². The van der Waals surface area contributed by atoms with Gasteiger partial charge in [0.15, 0.2) is 0 Å². The molecule has 0 saturated carbocycles. The maximum atomic E-state index is 6.46. The Morgan fingerprint density at radius 2 is 1.37 bits per heavy atom. The molecule has 0 fully saturated rings. The largest absolute Gasteiger partial charge is 0.510 e. The Bertz CT molecular complexity index is 3140. The third-order valence-electron chi connectivity index (χ3n) is 9.31. The number of aromatic nitrogens is 8. The molecule has 0 bridgehead atoms. The molecule has 0 amide bonds. The molecule has 250 valence electrons. The predicted octanol–water partition coefficient (Wildman–Crippen LogP) is 8.01. The molecule has 0 aliphatic heterocycles. The average molecular weight is 852 g/mol. The molecular formula is C42H24N8OPt-2. The quantitative estimate of drug-likeness (QED) is 0.130. The first-order valence-corrected chi connectivity index (χ1v) is 16.6. The van der Waals surface area contributed by atoms with E-state index >= 15 is 0 Å². The van der Waals surface area contributed by atoms with E-state index in [1.165, 1.54) is 0 Å². The van der Waals surface area contributed by atoms with Crippen molar-refractivity contribution in [2.45, 2.75) is 0 Å². The van der Waals surface area contributed by atoms with Crippen LogP contribution in [0.1, 0.15) is 0 Å². The van der Waals surface area contributed by atoms with Crippen LogP contribution >= 0.6 is 0 Å². The Morgan fingerprint density at radius 1 is 0.596 bits per heavy atom. The Morgan fingerprint density at radius 3 is 2.29 bits per heavy atom. The number of hydrogen-bond donors (Lipinski definition) is 0. The number of hydrogen-bond acceptors (Lipinski definition) is 4. The fraction of sp³-hybridized carbons (Fsp3) is 0. The van der Waals surface area contributed by atoms with Crippen molar-refractivity contribution >= 4 is 50.4 Å². The van der Waals surface area contributed by atoms with Crippen LogP contribution in [0.3, 0.4) is 0 Å². The smallest absolute Gasteiger partial charge is 0.268 e. The van der Waals surface area contributed by atoms with Gasteiger partial charge in [-0.05, 0) is 46.0 Å². The number of benzene rings is 6. The van der Waals surface area contributed by atoms with E-state index in [1.807, 2.05) is 90.7 Å². The van der Waals surface area contributed by atoms with Crippen LogP contribution in [-0.2, 0) is 21.1 Å². The van der Waals surface area contributed by atoms with Crippen molar-refractivity contribution in [2.75, 3.05) is 0 Å². The predicted molar refractivity (Wildman–Crippen MR) is 195 cm³/mol. The topological polar surface area (TPSA) is 69.9 Å². The molecule has 11 aromatic rings. The Labute approximate surface area is 310 Å². The van der Waals surface area contributed by atoms with Gasteiger partial charge < -0.3 is 9.30 Å². The summed E-state index contributed by atoms with van der Waals surface area (Å²) < 4.78 is 16.6.